The Hall–Kier alpha value is -1.66. The van der Waals surface area contributed by atoms with E-state index in [4.69, 9.17) is 20.4 Å². The molecule has 0 rings (SSSR count). The Bertz CT molecular complexity index is 451. The molecule has 0 unspecified atom stereocenters. The summed E-state index contributed by atoms with van der Waals surface area (Å²) in [4.78, 5) is 19.2. The number of aliphatic carboxylic acids is 2. The van der Waals surface area contributed by atoms with Crippen molar-refractivity contribution in [1.29, 1.82) is 0 Å². The summed E-state index contributed by atoms with van der Waals surface area (Å²) < 4.78 is 0. The van der Waals surface area contributed by atoms with Gasteiger partial charge in [-0.1, -0.05) is 123 Å². The molecular formula is C28H54O6. The summed E-state index contributed by atoms with van der Waals surface area (Å²) in [7, 11) is 0. The van der Waals surface area contributed by atoms with Crippen molar-refractivity contribution in [2.24, 2.45) is 0 Å². The average Bonchev–Trinajstić information content (AvgIpc) is 2.76. The number of aliphatic hydroxyl groups excluding tert-OH is 1. The van der Waals surface area contributed by atoms with Gasteiger partial charge >= 0.3 is 11.9 Å². The summed E-state index contributed by atoms with van der Waals surface area (Å²) in [6, 6.07) is 0. The van der Waals surface area contributed by atoms with E-state index < -0.39 is 18.2 Å². The Kier molecular flexibility index (Phi) is 31.9. The van der Waals surface area contributed by atoms with Crippen LogP contribution in [0.1, 0.15) is 136 Å². The maximum Gasteiger partial charge on any atom is 0.330 e. The minimum atomic E-state index is -1.10. The highest BCUT2D eigenvalue weighted by atomic mass is 16.5. The van der Waals surface area contributed by atoms with Crippen molar-refractivity contribution in [3.63, 3.8) is 0 Å². The summed E-state index contributed by atoms with van der Waals surface area (Å²) in [5.74, 6) is -1.87. The van der Waals surface area contributed by atoms with Crippen molar-refractivity contribution in [3.8, 4) is 0 Å². The van der Waals surface area contributed by atoms with E-state index >= 15 is 0 Å². The van der Waals surface area contributed by atoms with Gasteiger partial charge < -0.3 is 20.4 Å². The predicted octanol–water partition coefficient (Wildman–Crippen LogP) is 7.63. The molecule has 0 heterocycles. The molecule has 0 fully saturated rings. The van der Waals surface area contributed by atoms with Gasteiger partial charge in [-0.25, -0.2) is 9.59 Å². The lowest BCUT2D eigenvalue weighted by molar-refractivity contribution is -0.133. The molecule has 0 aliphatic carbocycles. The molecule has 0 aliphatic rings. The Morgan fingerprint density at radius 2 is 0.765 bits per heavy atom. The summed E-state index contributed by atoms with van der Waals surface area (Å²) >= 11 is 0. The van der Waals surface area contributed by atoms with Gasteiger partial charge in [-0.3, -0.25) is 0 Å². The van der Waals surface area contributed by atoms with Crippen LogP contribution >= 0.6 is 0 Å². The fourth-order valence-corrected chi connectivity index (χ4v) is 3.05. The van der Waals surface area contributed by atoms with E-state index in [1.807, 2.05) is 0 Å². The number of hydrogen-bond acceptors (Lipinski definition) is 4. The first kappa shape index (κ1) is 36.9. The zero-order valence-corrected chi connectivity index (χ0v) is 22.3. The van der Waals surface area contributed by atoms with Crippen LogP contribution in [0, 0.1) is 0 Å². The second kappa shape index (κ2) is 29.4. The number of carbonyl (C=O) groups is 2. The first-order valence-corrected chi connectivity index (χ1v) is 13.2. The number of rotatable bonds is 20. The molecule has 34 heavy (non-hydrogen) atoms. The number of hydrogen-bond donors (Lipinski definition) is 4. The summed E-state index contributed by atoms with van der Waals surface area (Å²) in [6.07, 6.45) is 22.6. The minimum absolute atomic E-state index is 0.176. The van der Waals surface area contributed by atoms with E-state index in [-0.39, 0.29) is 11.1 Å². The van der Waals surface area contributed by atoms with Crippen LogP contribution in [0.3, 0.4) is 0 Å². The lowest BCUT2D eigenvalue weighted by Gasteiger charge is -2.04. The molecule has 0 aromatic rings. The van der Waals surface area contributed by atoms with Gasteiger partial charge in [-0.15, -0.1) is 0 Å². The Morgan fingerprint density at radius 3 is 0.941 bits per heavy atom. The van der Waals surface area contributed by atoms with E-state index in [0.717, 1.165) is 12.8 Å². The molecule has 0 radical (unpaired) electrons. The highest BCUT2D eigenvalue weighted by molar-refractivity contribution is 5.85. The molecular weight excluding hydrogens is 432 g/mol. The molecule has 0 spiro atoms. The second-order valence-corrected chi connectivity index (χ2v) is 9.10. The van der Waals surface area contributed by atoms with Crippen molar-refractivity contribution in [2.45, 2.75) is 143 Å². The van der Waals surface area contributed by atoms with Crippen LogP contribution < -0.4 is 0 Å². The molecule has 0 aromatic carbocycles. The standard InChI is InChI=1S/C20H42O2.2C4H6O2/c1-2-3-4-5-6-7-8-9-10-11-12-13-14-15-16-17-18-19-20(21)22;2*1-3(2)4(5)6/h20-22H,2-19H2,1H3;2*1H2,2H3,(H,5,6). The van der Waals surface area contributed by atoms with Crippen molar-refractivity contribution >= 4 is 11.9 Å². The fraction of sp³-hybridized carbons (Fsp3) is 0.786. The number of carboxylic acid groups (broad SMARTS) is 2. The predicted molar refractivity (Wildman–Crippen MR) is 142 cm³/mol. The van der Waals surface area contributed by atoms with Crippen LogP contribution in [0.15, 0.2) is 24.3 Å². The topological polar surface area (TPSA) is 115 Å². The molecule has 6 heteroatoms. The molecule has 202 valence electrons. The normalized spacial score (nSPS) is 10.1. The Balaban J connectivity index is -0.000000653. The number of unbranched alkanes of at least 4 members (excludes halogenated alkanes) is 16. The zero-order valence-electron chi connectivity index (χ0n) is 22.3. The molecule has 0 aromatic heterocycles. The van der Waals surface area contributed by atoms with Crippen molar-refractivity contribution < 1.29 is 30.0 Å². The van der Waals surface area contributed by atoms with Gasteiger partial charge in [-0.05, 0) is 26.7 Å². The van der Waals surface area contributed by atoms with Crippen LogP contribution in [0.4, 0.5) is 0 Å². The van der Waals surface area contributed by atoms with Gasteiger partial charge in [-0.2, -0.15) is 0 Å². The third-order valence-corrected chi connectivity index (χ3v) is 5.30. The van der Waals surface area contributed by atoms with Gasteiger partial charge in [0, 0.05) is 11.1 Å². The number of aliphatic hydroxyl groups is 2. The second-order valence-electron chi connectivity index (χ2n) is 9.10. The third-order valence-electron chi connectivity index (χ3n) is 5.30. The highest BCUT2D eigenvalue weighted by Gasteiger charge is 1.97. The Labute approximate surface area is 209 Å². The average molecular weight is 487 g/mol. The Morgan fingerprint density at radius 1 is 0.559 bits per heavy atom. The lowest BCUT2D eigenvalue weighted by Crippen LogP contribution is -2.02. The van der Waals surface area contributed by atoms with E-state index in [1.54, 1.807) is 0 Å². The van der Waals surface area contributed by atoms with Crippen molar-refractivity contribution in [2.75, 3.05) is 0 Å². The van der Waals surface area contributed by atoms with Gasteiger partial charge in [0.05, 0.1) is 0 Å². The molecule has 0 saturated carbocycles. The van der Waals surface area contributed by atoms with Gasteiger partial charge in [0.1, 0.15) is 0 Å². The number of carboxylic acids is 2. The van der Waals surface area contributed by atoms with Crippen molar-refractivity contribution in [3.05, 3.63) is 24.3 Å². The third kappa shape index (κ3) is 40.7. The smallest absolute Gasteiger partial charge is 0.330 e. The van der Waals surface area contributed by atoms with Gasteiger partial charge in [0.15, 0.2) is 6.29 Å². The van der Waals surface area contributed by atoms with Gasteiger partial charge in [0.25, 0.3) is 0 Å². The zero-order chi connectivity index (χ0) is 26.6. The monoisotopic (exact) mass is 486 g/mol. The molecule has 0 saturated heterocycles. The molecule has 4 N–H and O–H groups in total. The molecule has 0 atom stereocenters. The molecule has 0 amide bonds. The quantitative estimate of drug-likeness (QED) is 0.0798. The van der Waals surface area contributed by atoms with Crippen LogP contribution in [0.5, 0.6) is 0 Å². The summed E-state index contributed by atoms with van der Waals surface area (Å²) in [6.45, 7) is 11.5. The lowest BCUT2D eigenvalue weighted by atomic mass is 10.0. The minimum Gasteiger partial charge on any atom is -0.478 e. The first-order chi connectivity index (χ1) is 16.1. The maximum atomic E-state index is 9.60. The summed E-state index contributed by atoms with van der Waals surface area (Å²) in [5, 5.41) is 33.2. The largest absolute Gasteiger partial charge is 0.478 e. The van der Waals surface area contributed by atoms with Gasteiger partial charge in [0.2, 0.25) is 0 Å². The van der Waals surface area contributed by atoms with Crippen LogP contribution in [-0.2, 0) is 9.59 Å². The maximum absolute atomic E-state index is 9.60. The molecule has 0 aliphatic heterocycles. The highest BCUT2D eigenvalue weighted by Crippen LogP contribution is 2.14. The van der Waals surface area contributed by atoms with E-state index in [2.05, 4.69) is 20.1 Å². The van der Waals surface area contributed by atoms with E-state index in [1.165, 1.54) is 110 Å². The SMILES string of the molecule is C=C(C)C(=O)O.C=C(C)C(=O)O.CCCCCCCCCCCCCCCCCCCC(O)O. The summed E-state index contributed by atoms with van der Waals surface area (Å²) in [5.41, 5.74) is 0.352. The fourth-order valence-electron chi connectivity index (χ4n) is 3.05. The molecule has 6 nitrogen and oxygen atoms in total. The van der Waals surface area contributed by atoms with Crippen LogP contribution in [0.25, 0.3) is 0 Å². The van der Waals surface area contributed by atoms with Crippen LogP contribution in [-0.4, -0.2) is 38.7 Å². The van der Waals surface area contributed by atoms with Crippen LogP contribution in [0.2, 0.25) is 0 Å². The van der Waals surface area contributed by atoms with Crippen molar-refractivity contribution in [1.82, 2.24) is 0 Å². The van der Waals surface area contributed by atoms with E-state index in [0.29, 0.717) is 6.42 Å². The van der Waals surface area contributed by atoms with E-state index in [9.17, 15) is 9.59 Å². The first-order valence-electron chi connectivity index (χ1n) is 13.2. The molecule has 0 bridgehead atoms.